The highest BCUT2D eigenvalue weighted by molar-refractivity contribution is 7.13. The van der Waals surface area contributed by atoms with Gasteiger partial charge in [-0.05, 0) is 24.3 Å². The van der Waals surface area contributed by atoms with E-state index in [9.17, 15) is 4.79 Å². The number of pyridine rings is 1. The monoisotopic (exact) mass is 359 g/mol. The third-order valence-corrected chi connectivity index (χ3v) is 4.52. The molecule has 0 saturated carbocycles. The van der Waals surface area contributed by atoms with Gasteiger partial charge in [0, 0.05) is 47.0 Å². The number of amides is 1. The van der Waals surface area contributed by atoms with Crippen LogP contribution in [0.1, 0.15) is 10.5 Å². The van der Waals surface area contributed by atoms with E-state index in [-0.39, 0.29) is 11.6 Å². The van der Waals surface area contributed by atoms with Crippen LogP contribution in [0.4, 0.5) is 5.69 Å². The Morgan fingerprint density at radius 3 is 2.65 bits per heavy atom. The highest BCUT2D eigenvalue weighted by Crippen LogP contribution is 2.29. The van der Waals surface area contributed by atoms with Crippen molar-refractivity contribution < 1.29 is 4.79 Å². The van der Waals surface area contributed by atoms with Gasteiger partial charge in [-0.2, -0.15) is 0 Å². The van der Waals surface area contributed by atoms with Gasteiger partial charge in [-0.15, -0.1) is 11.3 Å². The summed E-state index contributed by atoms with van der Waals surface area (Å²) in [5.74, 6) is -0.301. The second kappa shape index (κ2) is 7.20. The number of aromatic nitrogens is 4. The number of benzene rings is 1. The minimum Gasteiger partial charge on any atom is -0.321 e. The van der Waals surface area contributed by atoms with Gasteiger partial charge in [0.2, 0.25) is 0 Å². The molecule has 4 rings (SSSR count). The number of hydrogen-bond donors (Lipinski definition) is 1. The van der Waals surface area contributed by atoms with E-state index in [4.69, 9.17) is 0 Å². The number of nitrogens with zero attached hydrogens (tertiary/aromatic N) is 4. The van der Waals surface area contributed by atoms with Crippen molar-refractivity contribution in [1.29, 1.82) is 0 Å². The molecule has 0 radical (unpaired) electrons. The Morgan fingerprint density at radius 1 is 0.962 bits per heavy atom. The van der Waals surface area contributed by atoms with E-state index in [0.717, 1.165) is 21.8 Å². The first-order valence-electron chi connectivity index (χ1n) is 7.83. The Bertz CT molecular complexity index is 1030. The Morgan fingerprint density at radius 2 is 1.85 bits per heavy atom. The average Bonchev–Trinajstić information content (AvgIpc) is 3.20. The van der Waals surface area contributed by atoms with Crippen LogP contribution in [0, 0.1) is 0 Å². The third kappa shape index (κ3) is 3.47. The molecule has 0 unspecified atom stereocenters. The van der Waals surface area contributed by atoms with Crippen LogP contribution in [-0.4, -0.2) is 25.8 Å². The standard InChI is InChI=1S/C19H13N5OS/c25-18(16-11-21-7-8-22-16)23-15-5-1-3-13(9-15)17-12-26-19(24-17)14-4-2-6-20-10-14/h1-12H,(H,23,25). The van der Waals surface area contributed by atoms with Crippen molar-refractivity contribution in [2.45, 2.75) is 0 Å². The number of nitrogens with one attached hydrogen (secondary N) is 1. The van der Waals surface area contributed by atoms with E-state index in [1.807, 2.05) is 41.8 Å². The zero-order chi connectivity index (χ0) is 17.8. The number of rotatable bonds is 4. The summed E-state index contributed by atoms with van der Waals surface area (Å²) in [6.45, 7) is 0. The van der Waals surface area contributed by atoms with Crippen LogP contribution in [0.15, 0.2) is 72.8 Å². The van der Waals surface area contributed by atoms with E-state index in [1.165, 1.54) is 18.6 Å². The normalized spacial score (nSPS) is 10.5. The average molecular weight is 359 g/mol. The maximum atomic E-state index is 12.2. The minimum absolute atomic E-state index is 0.269. The Kier molecular flexibility index (Phi) is 4.44. The molecule has 3 aromatic heterocycles. The number of carbonyl (C=O) groups excluding carboxylic acids is 1. The Balaban J connectivity index is 1.57. The van der Waals surface area contributed by atoms with Gasteiger partial charge in [0.05, 0.1) is 11.9 Å². The molecule has 126 valence electrons. The molecular formula is C19H13N5OS. The van der Waals surface area contributed by atoms with Crippen LogP contribution >= 0.6 is 11.3 Å². The molecule has 1 aromatic carbocycles. The summed E-state index contributed by atoms with van der Waals surface area (Å²) in [4.78, 5) is 28.9. The summed E-state index contributed by atoms with van der Waals surface area (Å²) >= 11 is 1.56. The predicted octanol–water partition coefficient (Wildman–Crippen LogP) is 3.91. The molecule has 0 fully saturated rings. The lowest BCUT2D eigenvalue weighted by Gasteiger charge is -2.06. The lowest BCUT2D eigenvalue weighted by Crippen LogP contribution is -2.13. The molecular weight excluding hydrogens is 346 g/mol. The smallest absolute Gasteiger partial charge is 0.275 e. The maximum Gasteiger partial charge on any atom is 0.275 e. The fourth-order valence-corrected chi connectivity index (χ4v) is 3.22. The van der Waals surface area contributed by atoms with Crippen LogP contribution in [-0.2, 0) is 0 Å². The highest BCUT2D eigenvalue weighted by Gasteiger charge is 2.10. The number of anilines is 1. The van der Waals surface area contributed by atoms with Crippen LogP contribution in [0.3, 0.4) is 0 Å². The molecule has 1 amide bonds. The molecule has 0 saturated heterocycles. The van der Waals surface area contributed by atoms with Crippen LogP contribution in [0.5, 0.6) is 0 Å². The summed E-state index contributed by atoms with van der Waals surface area (Å²) in [6.07, 6.45) is 7.97. The van der Waals surface area contributed by atoms with Crippen molar-refractivity contribution in [2.24, 2.45) is 0 Å². The Labute approximate surface area is 153 Å². The second-order valence-electron chi connectivity index (χ2n) is 5.41. The summed E-state index contributed by atoms with van der Waals surface area (Å²) in [7, 11) is 0. The van der Waals surface area contributed by atoms with E-state index in [0.29, 0.717) is 5.69 Å². The van der Waals surface area contributed by atoms with Gasteiger partial charge >= 0.3 is 0 Å². The predicted molar refractivity (Wildman–Crippen MR) is 101 cm³/mol. The summed E-state index contributed by atoms with van der Waals surface area (Å²) in [6, 6.07) is 11.4. The van der Waals surface area contributed by atoms with E-state index in [1.54, 1.807) is 23.7 Å². The van der Waals surface area contributed by atoms with Gasteiger partial charge in [0.1, 0.15) is 10.7 Å². The largest absolute Gasteiger partial charge is 0.321 e. The summed E-state index contributed by atoms with van der Waals surface area (Å²) in [5, 5.41) is 5.73. The molecule has 26 heavy (non-hydrogen) atoms. The first kappa shape index (κ1) is 16.0. The van der Waals surface area contributed by atoms with Crippen molar-refractivity contribution in [1.82, 2.24) is 19.9 Å². The van der Waals surface area contributed by atoms with Crippen molar-refractivity contribution in [2.75, 3.05) is 5.32 Å². The van der Waals surface area contributed by atoms with Crippen molar-refractivity contribution in [3.8, 4) is 21.8 Å². The van der Waals surface area contributed by atoms with Crippen LogP contribution in [0.25, 0.3) is 21.8 Å². The van der Waals surface area contributed by atoms with Crippen molar-refractivity contribution in [3.63, 3.8) is 0 Å². The molecule has 0 aliphatic rings. The fraction of sp³-hybridized carbons (Fsp3) is 0. The molecule has 7 heteroatoms. The highest BCUT2D eigenvalue weighted by atomic mass is 32.1. The topological polar surface area (TPSA) is 80.7 Å². The molecule has 0 bridgehead atoms. The second-order valence-corrected chi connectivity index (χ2v) is 6.26. The summed E-state index contributed by atoms with van der Waals surface area (Å²) in [5.41, 5.74) is 3.70. The van der Waals surface area contributed by atoms with E-state index in [2.05, 4.69) is 25.3 Å². The van der Waals surface area contributed by atoms with Gasteiger partial charge in [0.15, 0.2) is 0 Å². The first-order valence-corrected chi connectivity index (χ1v) is 8.71. The number of hydrogen-bond acceptors (Lipinski definition) is 6. The minimum atomic E-state index is -0.301. The number of carbonyl (C=O) groups is 1. The quantitative estimate of drug-likeness (QED) is 0.597. The maximum absolute atomic E-state index is 12.2. The third-order valence-electron chi connectivity index (χ3n) is 3.62. The fourth-order valence-electron chi connectivity index (χ4n) is 2.40. The molecule has 0 aliphatic carbocycles. The molecule has 0 atom stereocenters. The molecule has 0 spiro atoms. The van der Waals surface area contributed by atoms with Crippen molar-refractivity contribution in [3.05, 3.63) is 78.5 Å². The van der Waals surface area contributed by atoms with Crippen LogP contribution in [0.2, 0.25) is 0 Å². The molecule has 0 aliphatic heterocycles. The van der Waals surface area contributed by atoms with Gasteiger partial charge in [-0.25, -0.2) is 9.97 Å². The molecule has 4 aromatic rings. The molecule has 3 heterocycles. The molecule has 6 nitrogen and oxygen atoms in total. The zero-order valence-electron chi connectivity index (χ0n) is 13.5. The zero-order valence-corrected chi connectivity index (χ0v) is 14.4. The van der Waals surface area contributed by atoms with Gasteiger partial charge < -0.3 is 5.32 Å². The lowest BCUT2D eigenvalue weighted by atomic mass is 10.1. The van der Waals surface area contributed by atoms with Crippen LogP contribution < -0.4 is 5.32 Å². The van der Waals surface area contributed by atoms with Gasteiger partial charge in [-0.1, -0.05) is 12.1 Å². The lowest BCUT2D eigenvalue weighted by molar-refractivity contribution is 0.102. The van der Waals surface area contributed by atoms with E-state index < -0.39 is 0 Å². The van der Waals surface area contributed by atoms with E-state index >= 15 is 0 Å². The SMILES string of the molecule is O=C(Nc1cccc(-c2csc(-c3cccnc3)n2)c1)c1cnccn1. The summed E-state index contributed by atoms with van der Waals surface area (Å²) < 4.78 is 0. The Hall–Kier alpha value is -3.45. The van der Waals surface area contributed by atoms with Crippen molar-refractivity contribution >= 4 is 22.9 Å². The van der Waals surface area contributed by atoms with Gasteiger partial charge in [-0.3, -0.25) is 14.8 Å². The number of thiazole rings is 1. The molecule has 1 N–H and O–H groups in total. The first-order chi connectivity index (χ1) is 12.8. The van der Waals surface area contributed by atoms with Gasteiger partial charge in [0.25, 0.3) is 5.91 Å².